The molecule has 1 aliphatic carbocycles. The quantitative estimate of drug-likeness (QED) is 0.750. The van der Waals surface area contributed by atoms with Gasteiger partial charge in [0.05, 0.1) is 10.4 Å². The molecule has 5 nitrogen and oxygen atoms in total. The van der Waals surface area contributed by atoms with E-state index in [1.165, 1.54) is 0 Å². The van der Waals surface area contributed by atoms with Gasteiger partial charge in [-0.2, -0.15) is 0 Å². The fraction of sp³-hybridized carbons (Fsp3) is 0.769. The number of amides is 2. The lowest BCUT2D eigenvalue weighted by atomic mass is 9.67. The van der Waals surface area contributed by atoms with Gasteiger partial charge in [0.1, 0.15) is 5.54 Å². The van der Waals surface area contributed by atoms with E-state index in [-0.39, 0.29) is 16.8 Å². The van der Waals surface area contributed by atoms with Crippen LogP contribution in [-0.2, 0) is 9.59 Å². The van der Waals surface area contributed by atoms with Gasteiger partial charge in [0, 0.05) is 20.1 Å². The molecule has 0 spiro atoms. The second-order valence-electron chi connectivity index (χ2n) is 6.04. The van der Waals surface area contributed by atoms with Gasteiger partial charge >= 0.3 is 0 Å². The Labute approximate surface area is 119 Å². The van der Waals surface area contributed by atoms with Crippen LogP contribution in [0.1, 0.15) is 33.1 Å². The predicted octanol–water partition coefficient (Wildman–Crippen LogP) is 0.522. The Hall–Kier alpha value is -1.17. The lowest BCUT2D eigenvalue weighted by Gasteiger charge is -2.50. The lowest BCUT2D eigenvalue weighted by molar-refractivity contribution is -0.163. The predicted molar refractivity (Wildman–Crippen MR) is 76.5 cm³/mol. The largest absolute Gasteiger partial charge is 0.392 e. The van der Waals surface area contributed by atoms with Crippen molar-refractivity contribution in [1.82, 2.24) is 9.80 Å². The zero-order valence-corrected chi connectivity index (χ0v) is 12.5. The molecule has 0 aromatic carbocycles. The first-order chi connectivity index (χ1) is 8.73. The maximum atomic E-state index is 12.8. The number of thiocarbonyl (C=S) groups is 1. The summed E-state index contributed by atoms with van der Waals surface area (Å²) in [4.78, 5) is 28.6. The molecule has 0 aromatic heterocycles. The maximum absolute atomic E-state index is 12.8. The Bertz CT molecular complexity index is 443. The number of nitrogens with two attached hydrogens (primary N) is 1. The molecule has 0 radical (unpaired) electrons. The van der Waals surface area contributed by atoms with Crippen LogP contribution < -0.4 is 5.73 Å². The third-order valence-electron chi connectivity index (χ3n) is 4.54. The van der Waals surface area contributed by atoms with Crippen molar-refractivity contribution in [2.45, 2.75) is 38.6 Å². The van der Waals surface area contributed by atoms with Crippen LogP contribution in [0, 0.1) is 5.41 Å². The van der Waals surface area contributed by atoms with Crippen LogP contribution in [0.5, 0.6) is 0 Å². The van der Waals surface area contributed by atoms with Gasteiger partial charge in [-0.05, 0) is 26.7 Å². The zero-order valence-electron chi connectivity index (χ0n) is 11.7. The van der Waals surface area contributed by atoms with Crippen molar-refractivity contribution in [3.63, 3.8) is 0 Å². The van der Waals surface area contributed by atoms with E-state index in [9.17, 15) is 9.59 Å². The highest BCUT2D eigenvalue weighted by Gasteiger charge is 2.54. The van der Waals surface area contributed by atoms with Crippen LogP contribution in [0.15, 0.2) is 0 Å². The summed E-state index contributed by atoms with van der Waals surface area (Å²) in [5.74, 6) is -0.109. The molecule has 2 amide bonds. The van der Waals surface area contributed by atoms with Crippen molar-refractivity contribution in [3.8, 4) is 0 Å². The maximum Gasteiger partial charge on any atom is 0.247 e. The van der Waals surface area contributed by atoms with E-state index >= 15 is 0 Å². The second kappa shape index (κ2) is 4.44. The van der Waals surface area contributed by atoms with Gasteiger partial charge in [0.15, 0.2) is 0 Å². The molecule has 2 N–H and O–H groups in total. The smallest absolute Gasteiger partial charge is 0.247 e. The number of carbonyl (C=O) groups is 2. The molecule has 0 atom stereocenters. The summed E-state index contributed by atoms with van der Waals surface area (Å²) in [5.41, 5.74) is 4.25. The number of piperazine rings is 1. The molecular formula is C13H21N3O2S. The first-order valence-electron chi connectivity index (χ1n) is 6.61. The van der Waals surface area contributed by atoms with E-state index in [0.717, 1.165) is 6.42 Å². The van der Waals surface area contributed by atoms with E-state index in [4.69, 9.17) is 18.0 Å². The molecule has 0 bridgehead atoms. The first-order valence-corrected chi connectivity index (χ1v) is 7.02. The average Bonchev–Trinajstić information content (AvgIpc) is 2.23. The minimum atomic E-state index is -0.822. The van der Waals surface area contributed by atoms with Crippen molar-refractivity contribution in [1.29, 1.82) is 0 Å². The Morgan fingerprint density at radius 3 is 2.32 bits per heavy atom. The summed E-state index contributed by atoms with van der Waals surface area (Å²) >= 11 is 5.09. The minimum absolute atomic E-state index is 0.0375. The molecule has 2 rings (SSSR count). The molecule has 1 aliphatic heterocycles. The van der Waals surface area contributed by atoms with Crippen LogP contribution in [0.2, 0.25) is 0 Å². The molecule has 1 heterocycles. The molecule has 6 heteroatoms. The van der Waals surface area contributed by atoms with Crippen molar-refractivity contribution in [2.75, 3.05) is 20.1 Å². The Morgan fingerprint density at radius 2 is 1.89 bits per heavy atom. The molecule has 2 fully saturated rings. The van der Waals surface area contributed by atoms with Gasteiger partial charge in [0.25, 0.3) is 0 Å². The highest BCUT2D eigenvalue weighted by atomic mass is 32.1. The molecule has 2 aliphatic rings. The molecule has 0 aromatic rings. The number of nitrogens with zero attached hydrogens (tertiary/aromatic N) is 2. The molecular weight excluding hydrogens is 262 g/mol. The first kappa shape index (κ1) is 14.2. The summed E-state index contributed by atoms with van der Waals surface area (Å²) in [5, 5.41) is 0. The van der Waals surface area contributed by atoms with Crippen LogP contribution in [0.3, 0.4) is 0 Å². The van der Waals surface area contributed by atoms with Crippen LogP contribution in [-0.4, -0.2) is 52.3 Å². The topological polar surface area (TPSA) is 66.6 Å². The van der Waals surface area contributed by atoms with Crippen molar-refractivity contribution in [3.05, 3.63) is 0 Å². The number of hydrogen-bond acceptors (Lipinski definition) is 3. The summed E-state index contributed by atoms with van der Waals surface area (Å²) in [6.07, 6.45) is 2.38. The van der Waals surface area contributed by atoms with E-state index < -0.39 is 11.0 Å². The van der Waals surface area contributed by atoms with E-state index in [0.29, 0.717) is 25.9 Å². The highest BCUT2D eigenvalue weighted by Crippen LogP contribution is 2.44. The molecule has 1 saturated carbocycles. The fourth-order valence-corrected chi connectivity index (χ4v) is 3.21. The van der Waals surface area contributed by atoms with Gasteiger partial charge in [-0.3, -0.25) is 9.59 Å². The second-order valence-corrected chi connectivity index (χ2v) is 6.48. The van der Waals surface area contributed by atoms with Crippen molar-refractivity contribution in [2.24, 2.45) is 11.1 Å². The lowest BCUT2D eigenvalue weighted by Crippen LogP contribution is -2.67. The summed E-state index contributed by atoms with van der Waals surface area (Å²) < 4.78 is 0. The normalized spacial score (nSPS) is 24.9. The Balaban J connectivity index is 2.29. The summed E-state index contributed by atoms with van der Waals surface area (Å²) in [6, 6.07) is 0. The Kier molecular flexibility index (Phi) is 3.33. The Morgan fingerprint density at radius 1 is 1.32 bits per heavy atom. The van der Waals surface area contributed by atoms with Crippen LogP contribution in [0.25, 0.3) is 0 Å². The summed E-state index contributed by atoms with van der Waals surface area (Å²) in [7, 11) is 1.76. The zero-order chi connectivity index (χ0) is 14.4. The standard InChI is InChI=1S/C13H21N3O2S/c1-12(2)10(17)15(3)7-8-16(12)11(18)13(9(14)19)5-4-6-13/h4-8H2,1-3H3,(H2,14,19). The third-order valence-corrected chi connectivity index (χ3v) is 4.93. The molecule has 19 heavy (non-hydrogen) atoms. The van der Waals surface area contributed by atoms with E-state index in [1.54, 1.807) is 30.7 Å². The molecule has 0 unspecified atom stereocenters. The molecule has 106 valence electrons. The minimum Gasteiger partial charge on any atom is -0.392 e. The van der Waals surface area contributed by atoms with E-state index in [2.05, 4.69) is 0 Å². The monoisotopic (exact) mass is 283 g/mol. The van der Waals surface area contributed by atoms with Gasteiger partial charge in [-0.15, -0.1) is 0 Å². The summed E-state index contributed by atoms with van der Waals surface area (Å²) in [6.45, 7) is 4.67. The van der Waals surface area contributed by atoms with Crippen LogP contribution >= 0.6 is 12.2 Å². The number of likely N-dealkylation sites (N-methyl/N-ethyl adjacent to an activating group) is 1. The number of hydrogen-bond donors (Lipinski definition) is 1. The van der Waals surface area contributed by atoms with Crippen molar-refractivity contribution < 1.29 is 9.59 Å². The van der Waals surface area contributed by atoms with E-state index in [1.807, 2.05) is 0 Å². The van der Waals surface area contributed by atoms with Gasteiger partial charge in [0.2, 0.25) is 11.8 Å². The van der Waals surface area contributed by atoms with Crippen LogP contribution in [0.4, 0.5) is 0 Å². The number of carbonyl (C=O) groups excluding carboxylic acids is 2. The van der Waals surface area contributed by atoms with Crippen molar-refractivity contribution >= 4 is 29.0 Å². The highest BCUT2D eigenvalue weighted by molar-refractivity contribution is 7.80. The molecule has 1 saturated heterocycles. The van der Waals surface area contributed by atoms with Gasteiger partial charge in [-0.1, -0.05) is 18.6 Å². The van der Waals surface area contributed by atoms with Gasteiger partial charge in [-0.25, -0.2) is 0 Å². The third kappa shape index (κ3) is 1.93. The fourth-order valence-electron chi connectivity index (χ4n) is 2.92. The van der Waals surface area contributed by atoms with Gasteiger partial charge < -0.3 is 15.5 Å². The average molecular weight is 283 g/mol. The number of rotatable bonds is 2. The SMILES string of the molecule is CN1CCN(C(=O)C2(C(N)=S)CCC2)C(C)(C)C1=O.